The standard InChI is InChI=1S/C13H15N3O3/c1-16-13(14)10(6-15-16)9-5-4-8(7-17)11(18-2)12(9)19-3/h4-7H,14H2,1-3H3. The number of aromatic nitrogens is 2. The summed E-state index contributed by atoms with van der Waals surface area (Å²) in [6.45, 7) is 0. The number of methoxy groups -OCH3 is 2. The fourth-order valence-electron chi connectivity index (χ4n) is 1.95. The first kappa shape index (κ1) is 12.9. The van der Waals surface area contributed by atoms with Crippen LogP contribution in [0.25, 0.3) is 11.1 Å². The SMILES string of the molecule is COc1c(C=O)ccc(-c2cnn(C)c2N)c1OC. The van der Waals surface area contributed by atoms with Gasteiger partial charge in [-0.2, -0.15) is 5.10 Å². The predicted octanol–water partition coefficient (Wildman–Crippen LogP) is 1.50. The highest BCUT2D eigenvalue weighted by Gasteiger charge is 2.19. The van der Waals surface area contributed by atoms with Crippen LogP contribution in [0.4, 0.5) is 5.82 Å². The van der Waals surface area contributed by atoms with Crippen LogP contribution in [0.5, 0.6) is 11.5 Å². The summed E-state index contributed by atoms with van der Waals surface area (Å²) in [7, 11) is 4.76. The van der Waals surface area contributed by atoms with Gasteiger partial charge in [0.25, 0.3) is 0 Å². The van der Waals surface area contributed by atoms with E-state index < -0.39 is 0 Å². The first-order chi connectivity index (χ1) is 9.13. The summed E-state index contributed by atoms with van der Waals surface area (Å²) in [5.41, 5.74) is 7.84. The zero-order valence-corrected chi connectivity index (χ0v) is 11.0. The first-order valence-corrected chi connectivity index (χ1v) is 5.62. The summed E-state index contributed by atoms with van der Waals surface area (Å²) < 4.78 is 12.2. The van der Waals surface area contributed by atoms with Crippen molar-refractivity contribution in [2.75, 3.05) is 20.0 Å². The monoisotopic (exact) mass is 261 g/mol. The predicted molar refractivity (Wildman–Crippen MR) is 71.5 cm³/mol. The summed E-state index contributed by atoms with van der Waals surface area (Å²) in [6, 6.07) is 3.43. The van der Waals surface area contributed by atoms with Crippen molar-refractivity contribution in [3.05, 3.63) is 23.9 Å². The fourth-order valence-corrected chi connectivity index (χ4v) is 1.95. The highest BCUT2D eigenvalue weighted by molar-refractivity contribution is 5.88. The smallest absolute Gasteiger partial charge is 0.171 e. The Morgan fingerprint density at radius 3 is 2.37 bits per heavy atom. The molecule has 19 heavy (non-hydrogen) atoms. The summed E-state index contributed by atoms with van der Waals surface area (Å²) in [5, 5.41) is 4.09. The van der Waals surface area contributed by atoms with Crippen molar-refractivity contribution in [2.24, 2.45) is 7.05 Å². The highest BCUT2D eigenvalue weighted by atomic mass is 16.5. The van der Waals surface area contributed by atoms with E-state index in [1.165, 1.54) is 14.2 Å². The number of nitrogens with zero attached hydrogens (tertiary/aromatic N) is 2. The van der Waals surface area contributed by atoms with Crippen LogP contribution in [0.15, 0.2) is 18.3 Å². The summed E-state index contributed by atoms with van der Waals surface area (Å²) in [5.74, 6) is 1.37. The molecular formula is C13H15N3O3. The van der Waals surface area contributed by atoms with Gasteiger partial charge in [0.15, 0.2) is 17.8 Å². The van der Waals surface area contributed by atoms with E-state index >= 15 is 0 Å². The Kier molecular flexibility index (Phi) is 3.41. The molecule has 2 aromatic rings. The second-order valence-electron chi connectivity index (χ2n) is 3.95. The largest absolute Gasteiger partial charge is 0.492 e. The maximum Gasteiger partial charge on any atom is 0.171 e. The van der Waals surface area contributed by atoms with Crippen molar-refractivity contribution in [2.45, 2.75) is 0 Å². The second-order valence-corrected chi connectivity index (χ2v) is 3.95. The van der Waals surface area contributed by atoms with Gasteiger partial charge in [-0.15, -0.1) is 0 Å². The quantitative estimate of drug-likeness (QED) is 0.844. The van der Waals surface area contributed by atoms with Crippen molar-refractivity contribution in [3.8, 4) is 22.6 Å². The first-order valence-electron chi connectivity index (χ1n) is 5.62. The van der Waals surface area contributed by atoms with Crippen LogP contribution in [0.1, 0.15) is 10.4 Å². The number of hydrogen-bond donors (Lipinski definition) is 1. The van der Waals surface area contributed by atoms with Gasteiger partial charge < -0.3 is 15.2 Å². The molecule has 0 bridgehead atoms. The van der Waals surface area contributed by atoms with Gasteiger partial charge in [-0.3, -0.25) is 9.48 Å². The Balaban J connectivity index is 2.71. The molecule has 0 atom stereocenters. The maximum atomic E-state index is 11.0. The van der Waals surface area contributed by atoms with Crippen molar-refractivity contribution >= 4 is 12.1 Å². The molecule has 0 fully saturated rings. The number of aldehydes is 1. The molecule has 6 nitrogen and oxygen atoms in total. The Bertz CT molecular complexity index is 620. The molecule has 1 aromatic carbocycles. The highest BCUT2D eigenvalue weighted by Crippen LogP contribution is 2.41. The fraction of sp³-hybridized carbons (Fsp3) is 0.231. The number of nitrogen functional groups attached to an aromatic ring is 1. The van der Waals surface area contributed by atoms with Gasteiger partial charge in [-0.1, -0.05) is 0 Å². The number of nitrogens with two attached hydrogens (primary N) is 1. The number of hydrogen-bond acceptors (Lipinski definition) is 5. The number of benzene rings is 1. The van der Waals surface area contributed by atoms with E-state index in [-0.39, 0.29) is 0 Å². The van der Waals surface area contributed by atoms with E-state index in [0.29, 0.717) is 22.9 Å². The molecule has 1 heterocycles. The second kappa shape index (κ2) is 5.01. The van der Waals surface area contributed by atoms with Crippen LogP contribution in [0.2, 0.25) is 0 Å². The van der Waals surface area contributed by atoms with E-state index in [1.54, 1.807) is 30.1 Å². The van der Waals surface area contributed by atoms with Crippen molar-refractivity contribution < 1.29 is 14.3 Å². The molecule has 0 radical (unpaired) electrons. The van der Waals surface area contributed by atoms with Crippen LogP contribution in [0, 0.1) is 0 Å². The summed E-state index contributed by atoms with van der Waals surface area (Å²) in [6.07, 6.45) is 2.37. The van der Waals surface area contributed by atoms with E-state index in [9.17, 15) is 4.79 Å². The Morgan fingerprint density at radius 2 is 1.89 bits per heavy atom. The van der Waals surface area contributed by atoms with Crippen molar-refractivity contribution in [1.82, 2.24) is 9.78 Å². The zero-order valence-electron chi connectivity index (χ0n) is 11.0. The normalized spacial score (nSPS) is 10.3. The number of ether oxygens (including phenoxy) is 2. The van der Waals surface area contributed by atoms with E-state index in [2.05, 4.69) is 5.10 Å². The molecule has 0 saturated heterocycles. The molecule has 0 aliphatic carbocycles. The number of rotatable bonds is 4. The van der Waals surface area contributed by atoms with Gasteiger partial charge in [-0.05, 0) is 12.1 Å². The molecule has 6 heteroatoms. The van der Waals surface area contributed by atoms with Crippen LogP contribution < -0.4 is 15.2 Å². The van der Waals surface area contributed by atoms with Gasteiger partial charge >= 0.3 is 0 Å². The Labute approximate surface area is 110 Å². The summed E-state index contributed by atoms with van der Waals surface area (Å²) in [4.78, 5) is 11.0. The average molecular weight is 261 g/mol. The average Bonchev–Trinajstić information content (AvgIpc) is 2.77. The lowest BCUT2D eigenvalue weighted by atomic mass is 10.0. The topological polar surface area (TPSA) is 79.4 Å². The van der Waals surface area contributed by atoms with E-state index in [4.69, 9.17) is 15.2 Å². The Morgan fingerprint density at radius 1 is 1.21 bits per heavy atom. The molecule has 0 spiro atoms. The minimum absolute atomic E-state index is 0.387. The molecule has 2 N–H and O–H groups in total. The molecule has 0 aliphatic rings. The molecular weight excluding hydrogens is 246 g/mol. The lowest BCUT2D eigenvalue weighted by molar-refractivity contribution is 0.112. The minimum atomic E-state index is 0.387. The van der Waals surface area contributed by atoms with Crippen molar-refractivity contribution in [1.29, 1.82) is 0 Å². The van der Waals surface area contributed by atoms with E-state index in [1.807, 2.05) is 0 Å². The molecule has 2 rings (SSSR count). The zero-order chi connectivity index (χ0) is 14.0. The molecule has 0 unspecified atom stereocenters. The molecule has 0 saturated carbocycles. The number of carbonyl (C=O) groups is 1. The number of aryl methyl sites for hydroxylation is 1. The third-order valence-electron chi connectivity index (χ3n) is 2.95. The molecule has 0 aliphatic heterocycles. The molecule has 100 valence electrons. The number of anilines is 1. The van der Waals surface area contributed by atoms with Crippen LogP contribution >= 0.6 is 0 Å². The lowest BCUT2D eigenvalue weighted by Crippen LogP contribution is -2.00. The minimum Gasteiger partial charge on any atom is -0.492 e. The van der Waals surface area contributed by atoms with Gasteiger partial charge in [-0.25, -0.2) is 0 Å². The third-order valence-corrected chi connectivity index (χ3v) is 2.95. The van der Waals surface area contributed by atoms with Crippen LogP contribution in [-0.2, 0) is 7.05 Å². The lowest BCUT2D eigenvalue weighted by Gasteiger charge is -2.14. The third kappa shape index (κ3) is 2.01. The van der Waals surface area contributed by atoms with Crippen molar-refractivity contribution in [3.63, 3.8) is 0 Å². The van der Waals surface area contributed by atoms with Gasteiger partial charge in [0.05, 0.1) is 26.0 Å². The van der Waals surface area contributed by atoms with Crippen LogP contribution in [-0.4, -0.2) is 30.3 Å². The van der Waals surface area contributed by atoms with Gasteiger partial charge in [0, 0.05) is 18.2 Å². The maximum absolute atomic E-state index is 11.0. The number of carbonyl (C=O) groups excluding carboxylic acids is 1. The van der Waals surface area contributed by atoms with Gasteiger partial charge in [0.2, 0.25) is 0 Å². The van der Waals surface area contributed by atoms with Crippen LogP contribution in [0.3, 0.4) is 0 Å². The summed E-state index contributed by atoms with van der Waals surface area (Å²) >= 11 is 0. The molecule has 1 aromatic heterocycles. The van der Waals surface area contributed by atoms with E-state index in [0.717, 1.165) is 17.4 Å². The van der Waals surface area contributed by atoms with Gasteiger partial charge in [0.1, 0.15) is 5.82 Å². The molecule has 0 amide bonds. The Hall–Kier alpha value is -2.50.